The third-order valence-corrected chi connectivity index (χ3v) is 6.13. The summed E-state index contributed by atoms with van der Waals surface area (Å²) in [7, 11) is 0. The van der Waals surface area contributed by atoms with Crippen LogP contribution < -0.4 is 5.32 Å². The van der Waals surface area contributed by atoms with Gasteiger partial charge in [-0.2, -0.15) is 5.10 Å². The lowest BCUT2D eigenvalue weighted by atomic mass is 9.92. The van der Waals surface area contributed by atoms with Crippen molar-refractivity contribution in [1.29, 1.82) is 0 Å². The minimum absolute atomic E-state index is 0.0472. The van der Waals surface area contributed by atoms with Crippen LogP contribution in [0.2, 0.25) is 0 Å². The molecule has 156 valence electrons. The number of benzene rings is 1. The Bertz CT molecular complexity index is 1000. The van der Waals surface area contributed by atoms with E-state index in [1.54, 1.807) is 6.07 Å². The van der Waals surface area contributed by atoms with E-state index in [2.05, 4.69) is 32.4 Å². The molecule has 3 heterocycles. The molecule has 1 aliphatic heterocycles. The number of carbonyl (C=O) groups is 1. The van der Waals surface area contributed by atoms with Crippen molar-refractivity contribution in [3.63, 3.8) is 0 Å². The van der Waals surface area contributed by atoms with E-state index in [4.69, 9.17) is 9.26 Å². The molecule has 1 N–H and O–H groups in total. The summed E-state index contributed by atoms with van der Waals surface area (Å²) in [6.07, 6.45) is 6.61. The van der Waals surface area contributed by atoms with Crippen LogP contribution in [0.1, 0.15) is 70.7 Å². The molecule has 3 aromatic rings. The van der Waals surface area contributed by atoms with E-state index in [0.717, 1.165) is 63.2 Å². The fraction of sp³-hybridized carbons (Fsp3) is 0.435. The van der Waals surface area contributed by atoms with Crippen LogP contribution >= 0.6 is 0 Å². The number of nitrogens with one attached hydrogen (secondary N) is 1. The molecule has 7 nitrogen and oxygen atoms in total. The monoisotopic (exact) mass is 406 g/mol. The predicted octanol–water partition coefficient (Wildman–Crippen LogP) is 3.62. The number of rotatable bonds is 5. The first kappa shape index (κ1) is 19.1. The summed E-state index contributed by atoms with van der Waals surface area (Å²) in [6, 6.07) is 12.1. The fourth-order valence-electron chi connectivity index (χ4n) is 4.46. The highest BCUT2D eigenvalue weighted by Gasteiger charge is 2.28. The van der Waals surface area contributed by atoms with Gasteiger partial charge in [0.2, 0.25) is 0 Å². The molecule has 1 aliphatic carbocycles. The smallest absolute Gasteiger partial charge is 0.273 e. The van der Waals surface area contributed by atoms with Crippen LogP contribution in [0.4, 0.5) is 0 Å². The highest BCUT2D eigenvalue weighted by molar-refractivity contribution is 5.92. The zero-order chi connectivity index (χ0) is 20.3. The lowest BCUT2D eigenvalue weighted by Crippen LogP contribution is -2.31. The van der Waals surface area contributed by atoms with Crippen molar-refractivity contribution in [2.45, 2.75) is 50.6 Å². The standard InChI is InChI=1S/C23H26N4O3/c28-23(20-13-22(30-26-20)17-9-11-29-12-10-17)25-19-7-4-8-21-18(19)14-24-27(21)15-16-5-2-1-3-6-16/h1-3,5-6,13-14,17,19H,4,7-12,15H2,(H,25,28). The molecule has 2 aliphatic rings. The highest BCUT2D eigenvalue weighted by atomic mass is 16.5. The minimum Gasteiger partial charge on any atom is -0.381 e. The van der Waals surface area contributed by atoms with E-state index < -0.39 is 0 Å². The normalized spacial score (nSPS) is 19.4. The van der Waals surface area contributed by atoms with Crippen LogP contribution in [0.3, 0.4) is 0 Å². The Kier molecular flexibility index (Phi) is 5.36. The van der Waals surface area contributed by atoms with Crippen molar-refractivity contribution < 1.29 is 14.1 Å². The third-order valence-electron chi connectivity index (χ3n) is 6.13. The molecule has 0 radical (unpaired) electrons. The number of carbonyl (C=O) groups excluding carboxylic acids is 1. The molecule has 1 unspecified atom stereocenters. The van der Waals surface area contributed by atoms with Gasteiger partial charge < -0.3 is 14.6 Å². The zero-order valence-electron chi connectivity index (χ0n) is 16.9. The maximum Gasteiger partial charge on any atom is 0.273 e. The minimum atomic E-state index is -0.189. The Balaban J connectivity index is 1.28. The lowest BCUT2D eigenvalue weighted by molar-refractivity contribution is 0.0789. The molecule has 0 bridgehead atoms. The molecule has 1 amide bonds. The summed E-state index contributed by atoms with van der Waals surface area (Å²) in [6.45, 7) is 2.20. The summed E-state index contributed by atoms with van der Waals surface area (Å²) in [5, 5.41) is 11.8. The summed E-state index contributed by atoms with van der Waals surface area (Å²) in [5.41, 5.74) is 3.88. The Hall–Kier alpha value is -2.93. The molecule has 1 atom stereocenters. The van der Waals surface area contributed by atoms with Crippen molar-refractivity contribution in [2.75, 3.05) is 13.2 Å². The van der Waals surface area contributed by atoms with Crippen molar-refractivity contribution in [3.05, 3.63) is 70.9 Å². The first-order chi connectivity index (χ1) is 14.8. The van der Waals surface area contributed by atoms with E-state index in [1.165, 1.54) is 11.3 Å². The summed E-state index contributed by atoms with van der Waals surface area (Å²) >= 11 is 0. The van der Waals surface area contributed by atoms with Gasteiger partial charge in [0.15, 0.2) is 5.69 Å². The first-order valence-corrected chi connectivity index (χ1v) is 10.7. The van der Waals surface area contributed by atoms with E-state index in [-0.39, 0.29) is 17.9 Å². The average molecular weight is 406 g/mol. The van der Waals surface area contributed by atoms with Crippen molar-refractivity contribution in [1.82, 2.24) is 20.3 Å². The summed E-state index contributed by atoms with van der Waals surface area (Å²) in [5.74, 6) is 0.875. The van der Waals surface area contributed by atoms with Gasteiger partial charge >= 0.3 is 0 Å². The molecule has 2 aromatic heterocycles. The second-order valence-corrected chi connectivity index (χ2v) is 8.11. The van der Waals surface area contributed by atoms with Gasteiger partial charge in [-0.25, -0.2) is 0 Å². The zero-order valence-corrected chi connectivity index (χ0v) is 16.9. The molecule has 5 rings (SSSR count). The van der Waals surface area contributed by atoms with Crippen LogP contribution in [-0.4, -0.2) is 34.1 Å². The molecule has 30 heavy (non-hydrogen) atoms. The maximum atomic E-state index is 12.8. The van der Waals surface area contributed by atoms with Crippen LogP contribution in [0.15, 0.2) is 47.1 Å². The van der Waals surface area contributed by atoms with Gasteiger partial charge in [0.05, 0.1) is 18.8 Å². The fourth-order valence-corrected chi connectivity index (χ4v) is 4.46. The Morgan fingerprint density at radius 3 is 2.83 bits per heavy atom. The van der Waals surface area contributed by atoms with E-state index in [0.29, 0.717) is 5.69 Å². The number of aromatic nitrogens is 3. The summed E-state index contributed by atoms with van der Waals surface area (Å²) in [4.78, 5) is 12.8. The van der Waals surface area contributed by atoms with Gasteiger partial charge in [-0.1, -0.05) is 35.5 Å². The molecule has 0 spiro atoms. The van der Waals surface area contributed by atoms with Gasteiger partial charge in [0.25, 0.3) is 5.91 Å². The first-order valence-electron chi connectivity index (χ1n) is 10.7. The van der Waals surface area contributed by atoms with Gasteiger partial charge in [-0.3, -0.25) is 9.48 Å². The summed E-state index contributed by atoms with van der Waals surface area (Å²) < 4.78 is 12.9. The number of hydrogen-bond acceptors (Lipinski definition) is 5. The molecular weight excluding hydrogens is 380 g/mol. The quantitative estimate of drug-likeness (QED) is 0.700. The Morgan fingerprint density at radius 1 is 1.17 bits per heavy atom. The number of amides is 1. The van der Waals surface area contributed by atoms with Gasteiger partial charge in [0, 0.05) is 36.5 Å². The average Bonchev–Trinajstić information content (AvgIpc) is 3.44. The van der Waals surface area contributed by atoms with Gasteiger partial charge in [-0.15, -0.1) is 0 Å². The molecule has 1 saturated heterocycles. The predicted molar refractivity (Wildman–Crippen MR) is 110 cm³/mol. The van der Waals surface area contributed by atoms with Crippen molar-refractivity contribution in [3.8, 4) is 0 Å². The van der Waals surface area contributed by atoms with Gasteiger partial charge in [-0.05, 0) is 37.7 Å². The number of fused-ring (bicyclic) bond motifs is 1. The van der Waals surface area contributed by atoms with E-state index >= 15 is 0 Å². The molecule has 7 heteroatoms. The van der Waals surface area contributed by atoms with Crippen LogP contribution in [0.25, 0.3) is 0 Å². The van der Waals surface area contributed by atoms with Crippen LogP contribution in [0.5, 0.6) is 0 Å². The van der Waals surface area contributed by atoms with Gasteiger partial charge in [0.1, 0.15) is 5.76 Å². The van der Waals surface area contributed by atoms with Crippen LogP contribution in [0, 0.1) is 0 Å². The Morgan fingerprint density at radius 2 is 2.00 bits per heavy atom. The third kappa shape index (κ3) is 3.89. The maximum absolute atomic E-state index is 12.8. The molecule has 1 aromatic carbocycles. The van der Waals surface area contributed by atoms with Crippen molar-refractivity contribution in [2.24, 2.45) is 0 Å². The number of nitrogens with zero attached hydrogens (tertiary/aromatic N) is 3. The molecule has 0 saturated carbocycles. The highest BCUT2D eigenvalue weighted by Crippen LogP contribution is 2.31. The van der Waals surface area contributed by atoms with Crippen molar-refractivity contribution >= 4 is 5.91 Å². The second kappa shape index (κ2) is 8.44. The van der Waals surface area contributed by atoms with E-state index in [1.807, 2.05) is 24.4 Å². The number of hydrogen-bond donors (Lipinski definition) is 1. The van der Waals surface area contributed by atoms with Crippen LogP contribution in [-0.2, 0) is 17.7 Å². The lowest BCUT2D eigenvalue weighted by Gasteiger charge is -2.24. The molecular formula is C23H26N4O3. The topological polar surface area (TPSA) is 82.2 Å². The Labute approximate surface area is 175 Å². The second-order valence-electron chi connectivity index (χ2n) is 8.11. The van der Waals surface area contributed by atoms with E-state index in [9.17, 15) is 4.79 Å². The molecule has 1 fully saturated rings. The largest absolute Gasteiger partial charge is 0.381 e. The SMILES string of the molecule is O=C(NC1CCCc2c1cnn2Cc1ccccc1)c1cc(C2CCOCC2)on1. The number of ether oxygens (including phenoxy) is 1.